The lowest BCUT2D eigenvalue weighted by Gasteiger charge is -2.09. The number of aliphatic imine (C=N–C) groups is 2. The number of hydrogen-bond acceptors (Lipinski definition) is 6. The first-order valence-electron chi connectivity index (χ1n) is 14.1. The number of carbonyl (C=O) groups is 2. The number of hydrogen-bond donors (Lipinski definition) is 0. The van der Waals surface area contributed by atoms with Crippen molar-refractivity contribution in [2.24, 2.45) is 21.8 Å². The minimum absolute atomic E-state index is 0.304. The molecule has 0 aliphatic heterocycles. The Bertz CT molecular complexity index is 1160. The van der Waals surface area contributed by atoms with E-state index in [1.54, 1.807) is 61.0 Å². The summed E-state index contributed by atoms with van der Waals surface area (Å²) in [6.45, 7) is 9.45. The average Bonchev–Trinajstić information content (AvgIpc) is 2.99. The van der Waals surface area contributed by atoms with E-state index in [4.69, 9.17) is 9.47 Å². The molecule has 3 aromatic rings. The fraction of sp³-hybridized carbons (Fsp3) is 0.353. The predicted molar refractivity (Wildman–Crippen MR) is 163 cm³/mol. The molecule has 0 aliphatic carbocycles. The van der Waals surface area contributed by atoms with Crippen LogP contribution in [0.1, 0.15) is 85.2 Å². The monoisotopic (exact) mass is 540 g/mol. The maximum Gasteiger partial charge on any atom is 0.338 e. The largest absolute Gasteiger partial charge is 0.462 e. The molecule has 0 radical (unpaired) electrons. The maximum absolute atomic E-state index is 12.2. The summed E-state index contributed by atoms with van der Waals surface area (Å²) in [5.41, 5.74) is 4.45. The van der Waals surface area contributed by atoms with Crippen LogP contribution in [0.25, 0.3) is 0 Å². The smallest absolute Gasteiger partial charge is 0.338 e. The number of nitrogens with zero attached hydrogens (tertiary/aromatic N) is 2. The lowest BCUT2D eigenvalue weighted by molar-refractivity contribution is 0.0475. The van der Waals surface area contributed by atoms with Crippen LogP contribution in [0.3, 0.4) is 0 Å². The lowest BCUT2D eigenvalue weighted by atomic mass is 10.1. The molecule has 0 amide bonds. The highest BCUT2D eigenvalue weighted by Crippen LogP contribution is 2.17. The molecule has 0 saturated carbocycles. The van der Waals surface area contributed by atoms with E-state index >= 15 is 0 Å². The molecule has 3 aromatic carbocycles. The number of benzene rings is 3. The van der Waals surface area contributed by atoms with Gasteiger partial charge < -0.3 is 9.47 Å². The van der Waals surface area contributed by atoms with Crippen LogP contribution in [-0.2, 0) is 9.47 Å². The van der Waals surface area contributed by atoms with E-state index in [0.717, 1.165) is 48.2 Å². The third-order valence-electron chi connectivity index (χ3n) is 6.95. The number of rotatable bonds is 14. The topological polar surface area (TPSA) is 77.3 Å². The summed E-state index contributed by atoms with van der Waals surface area (Å²) in [6.07, 6.45) is 7.46. The summed E-state index contributed by atoms with van der Waals surface area (Å²) in [5, 5.41) is 0. The molecule has 0 unspecified atom stereocenters. The van der Waals surface area contributed by atoms with Gasteiger partial charge in [0.1, 0.15) is 0 Å². The molecule has 3 rings (SSSR count). The molecule has 0 saturated heterocycles. The zero-order valence-electron chi connectivity index (χ0n) is 24.0. The maximum atomic E-state index is 12.2. The molecule has 6 nitrogen and oxygen atoms in total. The Balaban J connectivity index is 1.48. The van der Waals surface area contributed by atoms with Gasteiger partial charge >= 0.3 is 11.9 Å². The second kappa shape index (κ2) is 16.1. The molecule has 2 atom stereocenters. The van der Waals surface area contributed by atoms with Gasteiger partial charge in [-0.05, 0) is 84.3 Å². The van der Waals surface area contributed by atoms with E-state index in [1.807, 2.05) is 24.3 Å². The van der Waals surface area contributed by atoms with Crippen LogP contribution in [-0.4, -0.2) is 37.6 Å². The molecule has 0 heterocycles. The molecule has 0 N–H and O–H groups in total. The van der Waals surface area contributed by atoms with Crippen LogP contribution in [0.4, 0.5) is 11.4 Å². The molecule has 0 fully saturated rings. The highest BCUT2D eigenvalue weighted by Gasteiger charge is 2.09. The van der Waals surface area contributed by atoms with Crippen molar-refractivity contribution in [3.63, 3.8) is 0 Å². The molecule has 0 aromatic heterocycles. The standard InChI is InChI=1S/C34H40N2O4/c1-5-25(3)19-21-39-33(37)29-11-15-31(16-12-29)35-23-27-7-9-28(10-8-27)24-36-32-17-13-30(14-18-32)34(38)40-22-20-26(4)6-2/h7-18,23-26H,5-6,19-22H2,1-4H3/t25-,26+. The van der Waals surface area contributed by atoms with E-state index in [1.165, 1.54) is 0 Å². The number of esters is 2. The van der Waals surface area contributed by atoms with Gasteiger partial charge in [0.15, 0.2) is 0 Å². The first-order chi connectivity index (χ1) is 19.4. The molecule has 0 spiro atoms. The first kappa shape index (κ1) is 30.5. The second-order valence-electron chi connectivity index (χ2n) is 10.2. The van der Waals surface area contributed by atoms with Crippen molar-refractivity contribution in [3.05, 3.63) is 95.1 Å². The highest BCUT2D eigenvalue weighted by molar-refractivity contribution is 5.91. The average molecular weight is 541 g/mol. The van der Waals surface area contributed by atoms with Gasteiger partial charge in [-0.1, -0.05) is 64.8 Å². The Morgan fingerprint density at radius 3 is 1.30 bits per heavy atom. The number of carbonyl (C=O) groups excluding carboxylic acids is 2. The minimum Gasteiger partial charge on any atom is -0.462 e. The lowest BCUT2D eigenvalue weighted by Crippen LogP contribution is -2.08. The van der Waals surface area contributed by atoms with Gasteiger partial charge in [-0.25, -0.2) is 9.59 Å². The Hall–Kier alpha value is -4.06. The third-order valence-corrected chi connectivity index (χ3v) is 6.95. The Morgan fingerprint density at radius 1 is 0.625 bits per heavy atom. The summed E-state index contributed by atoms with van der Waals surface area (Å²) in [7, 11) is 0. The highest BCUT2D eigenvalue weighted by atomic mass is 16.5. The van der Waals surface area contributed by atoms with Crippen LogP contribution < -0.4 is 0 Å². The van der Waals surface area contributed by atoms with Crippen LogP contribution in [0, 0.1) is 11.8 Å². The van der Waals surface area contributed by atoms with E-state index in [9.17, 15) is 9.59 Å². The van der Waals surface area contributed by atoms with E-state index in [0.29, 0.717) is 36.2 Å². The van der Waals surface area contributed by atoms with E-state index in [-0.39, 0.29) is 11.9 Å². The molecule has 6 heteroatoms. The molecule has 0 aliphatic rings. The summed E-state index contributed by atoms with van der Waals surface area (Å²) in [6, 6.07) is 22.0. The van der Waals surface area contributed by atoms with Gasteiger partial charge in [-0.2, -0.15) is 0 Å². The fourth-order valence-corrected chi connectivity index (χ4v) is 3.61. The van der Waals surface area contributed by atoms with Crippen molar-refractivity contribution < 1.29 is 19.1 Å². The van der Waals surface area contributed by atoms with Gasteiger partial charge in [-0.15, -0.1) is 0 Å². The van der Waals surface area contributed by atoms with Gasteiger partial charge in [0, 0.05) is 12.4 Å². The molecular formula is C34H40N2O4. The minimum atomic E-state index is -0.304. The van der Waals surface area contributed by atoms with Crippen LogP contribution in [0.15, 0.2) is 82.8 Å². The molecular weight excluding hydrogens is 500 g/mol. The molecule has 210 valence electrons. The van der Waals surface area contributed by atoms with Crippen LogP contribution >= 0.6 is 0 Å². The quantitative estimate of drug-likeness (QED) is 0.152. The summed E-state index contributed by atoms with van der Waals surface area (Å²) in [4.78, 5) is 33.4. The van der Waals surface area contributed by atoms with Gasteiger partial charge in [0.25, 0.3) is 0 Å². The van der Waals surface area contributed by atoms with Crippen molar-refractivity contribution in [2.75, 3.05) is 13.2 Å². The Kier molecular flexibility index (Phi) is 12.3. The first-order valence-corrected chi connectivity index (χ1v) is 14.1. The third kappa shape index (κ3) is 10.3. The van der Waals surface area contributed by atoms with Gasteiger partial charge in [0.05, 0.1) is 35.7 Å². The SMILES string of the molecule is CC[C@@H](C)CCOC(=O)c1ccc(N=Cc2ccc(C=Nc3ccc(C(=O)OCC[C@@H](C)CC)cc3)cc2)cc1. The van der Waals surface area contributed by atoms with Crippen molar-refractivity contribution in [1.29, 1.82) is 0 Å². The van der Waals surface area contributed by atoms with Crippen molar-refractivity contribution in [1.82, 2.24) is 0 Å². The Labute approximate surface area is 238 Å². The zero-order chi connectivity index (χ0) is 28.7. The van der Waals surface area contributed by atoms with Crippen LogP contribution in [0.5, 0.6) is 0 Å². The zero-order valence-corrected chi connectivity index (χ0v) is 24.0. The van der Waals surface area contributed by atoms with Crippen molar-refractivity contribution >= 4 is 35.7 Å². The number of ether oxygens (including phenoxy) is 2. The fourth-order valence-electron chi connectivity index (χ4n) is 3.61. The van der Waals surface area contributed by atoms with Gasteiger partial charge in [-0.3, -0.25) is 9.98 Å². The van der Waals surface area contributed by atoms with Crippen LogP contribution in [0.2, 0.25) is 0 Å². The summed E-state index contributed by atoms with van der Waals surface area (Å²) >= 11 is 0. The van der Waals surface area contributed by atoms with E-state index < -0.39 is 0 Å². The van der Waals surface area contributed by atoms with Crippen molar-refractivity contribution in [2.45, 2.75) is 53.4 Å². The second-order valence-corrected chi connectivity index (χ2v) is 10.2. The molecule has 0 bridgehead atoms. The predicted octanol–water partition coefficient (Wildman–Crippen LogP) is 8.37. The molecule has 40 heavy (non-hydrogen) atoms. The van der Waals surface area contributed by atoms with E-state index in [2.05, 4.69) is 37.7 Å². The Morgan fingerprint density at radius 2 is 0.975 bits per heavy atom. The van der Waals surface area contributed by atoms with Crippen molar-refractivity contribution in [3.8, 4) is 0 Å². The normalized spacial score (nSPS) is 12.9. The summed E-state index contributed by atoms with van der Waals surface area (Å²) in [5.74, 6) is 0.487. The summed E-state index contributed by atoms with van der Waals surface area (Å²) < 4.78 is 10.7. The van der Waals surface area contributed by atoms with Gasteiger partial charge in [0.2, 0.25) is 0 Å².